The fraction of sp³-hybridized carbons (Fsp3) is 0.955. The van der Waals surface area contributed by atoms with Gasteiger partial charge in [-0.25, -0.2) is 0 Å². The van der Waals surface area contributed by atoms with Gasteiger partial charge in [-0.15, -0.1) is 0 Å². The zero-order valence-corrected chi connectivity index (χ0v) is 16.0. The van der Waals surface area contributed by atoms with E-state index in [1.165, 1.54) is 70.6 Å². The van der Waals surface area contributed by atoms with Crippen molar-refractivity contribution in [2.45, 2.75) is 103 Å². The largest absolute Gasteiger partial charge is 0.463 e. The van der Waals surface area contributed by atoms with Crippen LogP contribution < -0.4 is 0 Å². The minimum absolute atomic E-state index is 0.0873. The Morgan fingerprint density at radius 3 is 2.29 bits per heavy atom. The fourth-order valence-electron chi connectivity index (χ4n) is 6.31. The van der Waals surface area contributed by atoms with Gasteiger partial charge in [0.15, 0.2) is 0 Å². The molecule has 3 aliphatic rings. The van der Waals surface area contributed by atoms with Crippen LogP contribution >= 0.6 is 0 Å². The molecule has 0 aromatic carbocycles. The first kappa shape index (κ1) is 18.3. The van der Waals surface area contributed by atoms with Gasteiger partial charge < -0.3 is 4.74 Å². The van der Waals surface area contributed by atoms with Crippen molar-refractivity contribution in [2.75, 3.05) is 0 Å². The zero-order valence-electron chi connectivity index (χ0n) is 16.0. The summed E-state index contributed by atoms with van der Waals surface area (Å²) in [6, 6.07) is 0. The summed E-state index contributed by atoms with van der Waals surface area (Å²) in [4.78, 5) is 11.2. The van der Waals surface area contributed by atoms with Crippen molar-refractivity contribution in [3.8, 4) is 0 Å². The van der Waals surface area contributed by atoms with Crippen LogP contribution in [0.15, 0.2) is 0 Å². The highest BCUT2D eigenvalue weighted by atomic mass is 16.5. The Bertz CT molecular complexity index is 405. The molecule has 3 fully saturated rings. The Balaban J connectivity index is 1.46. The Labute approximate surface area is 149 Å². The van der Waals surface area contributed by atoms with Gasteiger partial charge >= 0.3 is 5.97 Å². The van der Waals surface area contributed by atoms with Crippen LogP contribution in [0.1, 0.15) is 97.3 Å². The van der Waals surface area contributed by atoms with Gasteiger partial charge in [0.25, 0.3) is 0 Å². The third-order valence-corrected chi connectivity index (χ3v) is 7.40. The number of unbranched alkanes of at least 4 members (excludes halogenated alkanes) is 3. The number of rotatable bonds is 6. The molecule has 0 heterocycles. The minimum Gasteiger partial charge on any atom is -0.463 e. The SMILES string of the molecule is CCCCCC[C@@H]1CCC2C(CCC3C[C@H](OC(C)=O)CCC32)C1. The highest BCUT2D eigenvalue weighted by Gasteiger charge is 2.44. The molecule has 3 saturated carbocycles. The van der Waals surface area contributed by atoms with E-state index in [-0.39, 0.29) is 12.1 Å². The van der Waals surface area contributed by atoms with E-state index in [1.807, 2.05) is 0 Å². The maximum absolute atomic E-state index is 11.2. The summed E-state index contributed by atoms with van der Waals surface area (Å²) < 4.78 is 5.52. The lowest BCUT2D eigenvalue weighted by Gasteiger charge is -2.50. The molecule has 6 atom stereocenters. The van der Waals surface area contributed by atoms with Crippen molar-refractivity contribution in [2.24, 2.45) is 29.6 Å². The third-order valence-electron chi connectivity index (χ3n) is 7.40. The van der Waals surface area contributed by atoms with E-state index < -0.39 is 0 Å². The summed E-state index contributed by atoms with van der Waals surface area (Å²) >= 11 is 0. The van der Waals surface area contributed by atoms with E-state index in [0.29, 0.717) is 0 Å². The summed E-state index contributed by atoms with van der Waals surface area (Å²) in [5.41, 5.74) is 0. The average molecular weight is 335 g/mol. The Morgan fingerprint density at radius 1 is 0.875 bits per heavy atom. The first-order valence-electron chi connectivity index (χ1n) is 10.8. The van der Waals surface area contributed by atoms with Crippen LogP contribution in [0.5, 0.6) is 0 Å². The van der Waals surface area contributed by atoms with E-state index in [1.54, 1.807) is 6.92 Å². The standard InChI is InChI=1S/C22H38O2/c1-3-4-5-6-7-17-8-12-21-18(14-17)9-10-19-15-20(24-16(2)23)11-13-22(19)21/h17-22H,3-15H2,1-2H3/t17-,18?,19?,20-,21?,22?/m1/s1. The van der Waals surface area contributed by atoms with E-state index >= 15 is 0 Å². The second kappa shape index (κ2) is 8.72. The summed E-state index contributed by atoms with van der Waals surface area (Å²) in [6.07, 6.45) is 18.3. The van der Waals surface area contributed by atoms with E-state index in [0.717, 1.165) is 42.4 Å². The normalized spacial score (nSPS) is 38.9. The second-order valence-electron chi connectivity index (χ2n) is 9.00. The van der Waals surface area contributed by atoms with Gasteiger partial charge in [0, 0.05) is 6.92 Å². The quantitative estimate of drug-likeness (QED) is 0.431. The van der Waals surface area contributed by atoms with Crippen LogP contribution in [-0.4, -0.2) is 12.1 Å². The monoisotopic (exact) mass is 334 g/mol. The smallest absolute Gasteiger partial charge is 0.302 e. The predicted octanol–water partition coefficient (Wildman–Crippen LogP) is 6.13. The zero-order chi connectivity index (χ0) is 16.9. The molecule has 0 aliphatic heterocycles. The molecule has 24 heavy (non-hydrogen) atoms. The first-order chi connectivity index (χ1) is 11.7. The van der Waals surface area contributed by atoms with Gasteiger partial charge in [0.2, 0.25) is 0 Å². The number of carbonyl (C=O) groups excluding carboxylic acids is 1. The topological polar surface area (TPSA) is 26.3 Å². The van der Waals surface area contributed by atoms with Crippen molar-refractivity contribution in [1.82, 2.24) is 0 Å². The van der Waals surface area contributed by atoms with E-state index in [9.17, 15) is 4.79 Å². The van der Waals surface area contributed by atoms with Crippen molar-refractivity contribution in [3.63, 3.8) is 0 Å². The molecule has 0 saturated heterocycles. The molecule has 2 heteroatoms. The molecule has 2 nitrogen and oxygen atoms in total. The Kier molecular flexibility index (Phi) is 6.63. The minimum atomic E-state index is -0.0873. The van der Waals surface area contributed by atoms with Crippen LogP contribution in [0.3, 0.4) is 0 Å². The molecule has 4 unspecified atom stereocenters. The maximum Gasteiger partial charge on any atom is 0.302 e. The summed E-state index contributed by atoms with van der Waals surface area (Å²) in [5.74, 6) is 4.73. The number of ether oxygens (including phenoxy) is 1. The average Bonchev–Trinajstić information content (AvgIpc) is 2.57. The number of carbonyl (C=O) groups is 1. The maximum atomic E-state index is 11.2. The van der Waals surface area contributed by atoms with Gasteiger partial charge in [-0.2, -0.15) is 0 Å². The van der Waals surface area contributed by atoms with Crippen LogP contribution in [0, 0.1) is 29.6 Å². The molecular formula is C22H38O2. The molecular weight excluding hydrogens is 296 g/mol. The lowest BCUT2D eigenvalue weighted by atomic mass is 9.56. The van der Waals surface area contributed by atoms with Gasteiger partial charge in [-0.05, 0) is 74.5 Å². The second-order valence-corrected chi connectivity index (χ2v) is 9.00. The van der Waals surface area contributed by atoms with Crippen molar-refractivity contribution < 1.29 is 9.53 Å². The molecule has 0 N–H and O–H groups in total. The van der Waals surface area contributed by atoms with Gasteiger partial charge in [0.1, 0.15) is 6.10 Å². The molecule has 0 bridgehead atoms. The highest BCUT2D eigenvalue weighted by Crippen LogP contribution is 2.53. The number of fused-ring (bicyclic) bond motifs is 3. The number of hydrogen-bond acceptors (Lipinski definition) is 2. The fourth-order valence-corrected chi connectivity index (χ4v) is 6.31. The molecule has 0 aromatic rings. The first-order valence-corrected chi connectivity index (χ1v) is 10.8. The van der Waals surface area contributed by atoms with Crippen LogP contribution in [0.4, 0.5) is 0 Å². The molecule has 3 aliphatic carbocycles. The van der Waals surface area contributed by atoms with Crippen LogP contribution in [-0.2, 0) is 9.53 Å². The Morgan fingerprint density at radius 2 is 1.58 bits per heavy atom. The lowest BCUT2D eigenvalue weighted by molar-refractivity contribution is -0.151. The molecule has 0 aromatic heterocycles. The van der Waals surface area contributed by atoms with Crippen LogP contribution in [0.2, 0.25) is 0 Å². The summed E-state index contributed by atoms with van der Waals surface area (Å²) in [6.45, 7) is 3.87. The van der Waals surface area contributed by atoms with Gasteiger partial charge in [0.05, 0.1) is 0 Å². The lowest BCUT2D eigenvalue weighted by Crippen LogP contribution is -2.43. The number of hydrogen-bond donors (Lipinski definition) is 0. The van der Waals surface area contributed by atoms with E-state index in [4.69, 9.17) is 4.74 Å². The Hall–Kier alpha value is -0.530. The third kappa shape index (κ3) is 4.55. The summed E-state index contributed by atoms with van der Waals surface area (Å²) in [7, 11) is 0. The van der Waals surface area contributed by atoms with E-state index in [2.05, 4.69) is 6.92 Å². The van der Waals surface area contributed by atoms with Crippen molar-refractivity contribution in [1.29, 1.82) is 0 Å². The van der Waals surface area contributed by atoms with Crippen LogP contribution in [0.25, 0.3) is 0 Å². The number of esters is 1. The van der Waals surface area contributed by atoms with Crippen molar-refractivity contribution in [3.05, 3.63) is 0 Å². The molecule has 0 radical (unpaired) electrons. The predicted molar refractivity (Wildman–Crippen MR) is 98.7 cm³/mol. The molecule has 0 spiro atoms. The van der Waals surface area contributed by atoms with Crippen molar-refractivity contribution >= 4 is 5.97 Å². The molecule has 3 rings (SSSR count). The molecule has 138 valence electrons. The highest BCUT2D eigenvalue weighted by molar-refractivity contribution is 5.66. The van der Waals surface area contributed by atoms with Gasteiger partial charge in [-0.3, -0.25) is 4.79 Å². The molecule has 0 amide bonds. The summed E-state index contributed by atoms with van der Waals surface area (Å²) in [5, 5.41) is 0. The van der Waals surface area contributed by atoms with Gasteiger partial charge in [-0.1, -0.05) is 45.4 Å².